The average molecular weight is 330 g/mol. The van der Waals surface area contributed by atoms with Crippen LogP contribution in [-0.4, -0.2) is 22.2 Å². The van der Waals surface area contributed by atoms with Crippen molar-refractivity contribution in [1.82, 2.24) is 9.97 Å². The van der Waals surface area contributed by atoms with Gasteiger partial charge in [0.05, 0.1) is 16.8 Å². The Morgan fingerprint density at radius 3 is 2.83 bits per heavy atom. The van der Waals surface area contributed by atoms with Gasteiger partial charge in [-0.1, -0.05) is 23.7 Å². The first kappa shape index (κ1) is 13.3. The second kappa shape index (κ2) is 5.65. The van der Waals surface area contributed by atoms with Gasteiger partial charge in [0.1, 0.15) is 10.9 Å². The van der Waals surface area contributed by atoms with Crippen LogP contribution in [0.3, 0.4) is 0 Å². The zero-order valence-electron chi connectivity index (χ0n) is 9.52. The van der Waals surface area contributed by atoms with Crippen LogP contribution in [-0.2, 0) is 11.3 Å². The molecule has 0 atom stereocenters. The van der Waals surface area contributed by atoms with Crippen molar-refractivity contribution in [2.24, 2.45) is 0 Å². The highest BCUT2D eigenvalue weighted by Gasteiger charge is 2.12. The van der Waals surface area contributed by atoms with E-state index in [-0.39, 0.29) is 5.75 Å². The summed E-state index contributed by atoms with van der Waals surface area (Å²) in [6.45, 7) is 0.328. The number of nitrogens with zero attached hydrogens (tertiary/aromatic N) is 2. The monoisotopic (exact) mass is 328 g/mol. The number of phenolic OH excluding ortho intramolecular Hbond substituents is 1. The van der Waals surface area contributed by atoms with Crippen LogP contribution in [0.1, 0.15) is 5.69 Å². The van der Waals surface area contributed by atoms with E-state index in [4.69, 9.17) is 16.3 Å². The lowest BCUT2D eigenvalue weighted by Gasteiger charge is -2.07. The molecule has 1 N–H and O–H groups in total. The van der Waals surface area contributed by atoms with Gasteiger partial charge in [-0.2, -0.15) is 0 Å². The Hall–Kier alpha value is -1.17. The summed E-state index contributed by atoms with van der Waals surface area (Å²) in [4.78, 5) is 8.52. The van der Waals surface area contributed by atoms with E-state index in [0.717, 1.165) is 0 Å². The van der Waals surface area contributed by atoms with Crippen molar-refractivity contribution in [3.63, 3.8) is 0 Å². The van der Waals surface area contributed by atoms with E-state index < -0.39 is 0 Å². The average Bonchev–Trinajstić information content (AvgIpc) is 2.35. The van der Waals surface area contributed by atoms with Crippen molar-refractivity contribution in [3.8, 4) is 17.1 Å². The van der Waals surface area contributed by atoms with Gasteiger partial charge in [-0.05, 0) is 28.1 Å². The molecule has 2 rings (SSSR count). The molecule has 0 saturated heterocycles. The number of aromatic nitrogens is 2. The number of benzene rings is 1. The van der Waals surface area contributed by atoms with Crippen molar-refractivity contribution in [2.45, 2.75) is 6.61 Å². The Balaban J connectivity index is 2.51. The summed E-state index contributed by atoms with van der Waals surface area (Å²) in [5.74, 6) is 0.606. The minimum atomic E-state index is 0.156. The van der Waals surface area contributed by atoms with E-state index >= 15 is 0 Å². The molecule has 0 bridgehead atoms. The number of halogens is 2. The minimum Gasteiger partial charge on any atom is -0.508 e. The van der Waals surface area contributed by atoms with E-state index in [1.165, 1.54) is 0 Å². The molecule has 0 fully saturated rings. The van der Waals surface area contributed by atoms with Crippen molar-refractivity contribution in [3.05, 3.63) is 39.6 Å². The second-order valence-electron chi connectivity index (χ2n) is 3.58. The Labute approximate surface area is 118 Å². The van der Waals surface area contributed by atoms with Gasteiger partial charge in [-0.3, -0.25) is 0 Å². The molecule has 18 heavy (non-hydrogen) atoms. The fourth-order valence-corrected chi connectivity index (χ4v) is 1.95. The quantitative estimate of drug-likeness (QED) is 0.877. The van der Waals surface area contributed by atoms with Gasteiger partial charge in [0, 0.05) is 12.7 Å². The Morgan fingerprint density at radius 2 is 2.17 bits per heavy atom. The van der Waals surface area contributed by atoms with Crippen LogP contribution in [0.2, 0.25) is 5.15 Å². The van der Waals surface area contributed by atoms with E-state index in [1.807, 2.05) is 0 Å². The first-order valence-electron chi connectivity index (χ1n) is 5.12. The summed E-state index contributed by atoms with van der Waals surface area (Å²) in [5.41, 5.74) is 1.36. The molecule has 2 aromatic rings. The van der Waals surface area contributed by atoms with Crippen LogP contribution < -0.4 is 0 Å². The summed E-state index contributed by atoms with van der Waals surface area (Å²) >= 11 is 9.34. The molecule has 0 amide bonds. The number of hydrogen-bond donors (Lipinski definition) is 1. The number of ether oxygens (including phenoxy) is 1. The number of methoxy groups -OCH3 is 1. The molecule has 1 heterocycles. The first-order valence-corrected chi connectivity index (χ1v) is 6.29. The van der Waals surface area contributed by atoms with Gasteiger partial charge in [0.15, 0.2) is 5.82 Å². The lowest BCUT2D eigenvalue weighted by molar-refractivity contribution is 0.181. The van der Waals surface area contributed by atoms with Crippen LogP contribution in [0.4, 0.5) is 0 Å². The maximum absolute atomic E-state index is 9.45. The maximum atomic E-state index is 9.45. The second-order valence-corrected chi connectivity index (χ2v) is 4.73. The van der Waals surface area contributed by atoms with Crippen LogP contribution >= 0.6 is 27.5 Å². The van der Waals surface area contributed by atoms with Gasteiger partial charge in [-0.25, -0.2) is 9.97 Å². The highest BCUT2D eigenvalue weighted by molar-refractivity contribution is 9.10. The van der Waals surface area contributed by atoms with Gasteiger partial charge < -0.3 is 9.84 Å². The highest BCUT2D eigenvalue weighted by Crippen LogP contribution is 2.28. The van der Waals surface area contributed by atoms with Gasteiger partial charge in [0.2, 0.25) is 0 Å². The molecule has 94 valence electrons. The van der Waals surface area contributed by atoms with Gasteiger partial charge >= 0.3 is 0 Å². The molecule has 0 aliphatic carbocycles. The number of hydrogen-bond acceptors (Lipinski definition) is 4. The SMILES string of the molecule is COCc1nc(-c2cccc(O)c2)nc(Cl)c1Br. The molecule has 0 spiro atoms. The molecule has 0 unspecified atom stereocenters. The molecule has 4 nitrogen and oxygen atoms in total. The highest BCUT2D eigenvalue weighted by atomic mass is 79.9. The molecule has 1 aromatic heterocycles. The molecule has 0 saturated carbocycles. The third-order valence-electron chi connectivity index (χ3n) is 2.26. The van der Waals surface area contributed by atoms with E-state index in [0.29, 0.717) is 33.3 Å². The Morgan fingerprint density at radius 1 is 1.39 bits per heavy atom. The topological polar surface area (TPSA) is 55.2 Å². The number of phenols is 1. The van der Waals surface area contributed by atoms with E-state index in [1.54, 1.807) is 31.4 Å². The predicted octanol–water partition coefficient (Wildman–Crippen LogP) is 3.41. The summed E-state index contributed by atoms with van der Waals surface area (Å²) in [6, 6.07) is 6.69. The van der Waals surface area contributed by atoms with E-state index in [2.05, 4.69) is 25.9 Å². The Kier molecular flexibility index (Phi) is 4.16. The normalized spacial score (nSPS) is 10.6. The first-order chi connectivity index (χ1) is 8.61. The van der Waals surface area contributed by atoms with Gasteiger partial charge in [-0.15, -0.1) is 0 Å². The van der Waals surface area contributed by atoms with Crippen LogP contribution in [0.15, 0.2) is 28.7 Å². The van der Waals surface area contributed by atoms with Crippen molar-refractivity contribution in [1.29, 1.82) is 0 Å². The zero-order valence-corrected chi connectivity index (χ0v) is 11.9. The standard InChI is InChI=1S/C12H10BrClN2O2/c1-18-6-9-10(13)11(14)16-12(15-9)7-3-2-4-8(17)5-7/h2-5,17H,6H2,1H3. The fraction of sp³-hybridized carbons (Fsp3) is 0.167. The van der Waals surface area contributed by atoms with Crippen molar-refractivity contribution >= 4 is 27.5 Å². The molecule has 6 heteroatoms. The predicted molar refractivity (Wildman–Crippen MR) is 72.6 cm³/mol. The lowest BCUT2D eigenvalue weighted by atomic mass is 10.2. The van der Waals surface area contributed by atoms with Crippen LogP contribution in [0.5, 0.6) is 5.75 Å². The number of aromatic hydroxyl groups is 1. The zero-order chi connectivity index (χ0) is 13.1. The molecule has 1 aromatic carbocycles. The molecule has 0 aliphatic heterocycles. The van der Waals surface area contributed by atoms with Crippen molar-refractivity contribution in [2.75, 3.05) is 7.11 Å². The summed E-state index contributed by atoms with van der Waals surface area (Å²) in [6.07, 6.45) is 0. The van der Waals surface area contributed by atoms with Crippen LogP contribution in [0, 0.1) is 0 Å². The fourth-order valence-electron chi connectivity index (χ4n) is 1.47. The third-order valence-corrected chi connectivity index (χ3v) is 3.60. The van der Waals surface area contributed by atoms with Gasteiger partial charge in [0.25, 0.3) is 0 Å². The lowest BCUT2D eigenvalue weighted by Crippen LogP contribution is -1.99. The Bertz CT molecular complexity index is 578. The van der Waals surface area contributed by atoms with Crippen LogP contribution in [0.25, 0.3) is 11.4 Å². The maximum Gasteiger partial charge on any atom is 0.161 e. The smallest absolute Gasteiger partial charge is 0.161 e. The largest absolute Gasteiger partial charge is 0.508 e. The molecular weight excluding hydrogens is 320 g/mol. The summed E-state index contributed by atoms with van der Waals surface area (Å²) < 4.78 is 5.67. The molecular formula is C12H10BrClN2O2. The molecule has 0 radical (unpaired) electrons. The van der Waals surface area contributed by atoms with E-state index in [9.17, 15) is 5.11 Å². The van der Waals surface area contributed by atoms with Crippen molar-refractivity contribution < 1.29 is 9.84 Å². The summed E-state index contributed by atoms with van der Waals surface area (Å²) in [5, 5.41) is 9.76. The molecule has 0 aliphatic rings. The number of rotatable bonds is 3. The third kappa shape index (κ3) is 2.80. The summed E-state index contributed by atoms with van der Waals surface area (Å²) in [7, 11) is 1.58. The minimum absolute atomic E-state index is 0.156.